The number of methoxy groups -OCH3 is 1. The summed E-state index contributed by atoms with van der Waals surface area (Å²) in [7, 11) is 1.58. The van der Waals surface area contributed by atoms with E-state index in [2.05, 4.69) is 31.2 Å². The Kier molecular flexibility index (Phi) is 11.7. The second-order valence-corrected chi connectivity index (χ2v) is 11.5. The lowest BCUT2D eigenvalue weighted by Gasteiger charge is -2.15. The molecular formula is C33H36Cl2FN7O3. The summed E-state index contributed by atoms with van der Waals surface area (Å²) in [5.41, 5.74) is 4.12. The van der Waals surface area contributed by atoms with Crippen molar-refractivity contribution >= 4 is 40.6 Å². The Morgan fingerprint density at radius 2 is 1.78 bits per heavy atom. The zero-order valence-electron chi connectivity index (χ0n) is 25.4. The van der Waals surface area contributed by atoms with Gasteiger partial charge in [-0.2, -0.15) is 0 Å². The van der Waals surface area contributed by atoms with E-state index in [9.17, 15) is 4.79 Å². The van der Waals surface area contributed by atoms with Crippen molar-refractivity contribution in [1.29, 1.82) is 0 Å². The van der Waals surface area contributed by atoms with Gasteiger partial charge in [-0.05, 0) is 62.2 Å². The van der Waals surface area contributed by atoms with Gasteiger partial charge in [-0.3, -0.25) is 9.78 Å². The molecule has 0 radical (unpaired) electrons. The van der Waals surface area contributed by atoms with Gasteiger partial charge in [-0.25, -0.2) is 14.4 Å². The third-order valence-corrected chi connectivity index (χ3v) is 8.47. The summed E-state index contributed by atoms with van der Waals surface area (Å²) >= 11 is 13.8. The molecule has 10 nitrogen and oxygen atoms in total. The number of benzene rings is 1. The summed E-state index contributed by atoms with van der Waals surface area (Å²) in [6, 6.07) is 12.7. The van der Waals surface area contributed by atoms with Crippen LogP contribution in [0.1, 0.15) is 24.0 Å². The molecule has 1 amide bonds. The summed E-state index contributed by atoms with van der Waals surface area (Å²) in [6.07, 6.45) is 5.73. The number of nitrogens with zero attached hydrogens (tertiary/aromatic N) is 3. The summed E-state index contributed by atoms with van der Waals surface area (Å²) in [4.78, 5) is 24.9. The molecule has 4 aromatic rings. The minimum atomic E-state index is -0.477. The fraction of sp³-hybridized carbons (Fsp3) is 0.333. The fourth-order valence-electron chi connectivity index (χ4n) is 5.28. The average Bonchev–Trinajstić information content (AvgIpc) is 3.49. The van der Waals surface area contributed by atoms with Crippen molar-refractivity contribution in [3.8, 4) is 28.4 Å². The van der Waals surface area contributed by atoms with Crippen LogP contribution in [-0.2, 0) is 17.6 Å². The van der Waals surface area contributed by atoms with Gasteiger partial charge in [0.25, 0.3) is 0 Å². The molecule has 0 aliphatic carbocycles. The number of aliphatic hydroxyl groups is 1. The molecule has 0 bridgehead atoms. The van der Waals surface area contributed by atoms with Crippen LogP contribution < -0.4 is 26.0 Å². The van der Waals surface area contributed by atoms with E-state index >= 15 is 4.39 Å². The molecule has 1 fully saturated rings. The fourth-order valence-corrected chi connectivity index (χ4v) is 5.85. The van der Waals surface area contributed by atoms with Gasteiger partial charge < -0.3 is 31.1 Å². The molecule has 3 aromatic heterocycles. The lowest BCUT2D eigenvalue weighted by molar-refractivity contribution is -0.119. The van der Waals surface area contributed by atoms with E-state index in [4.69, 9.17) is 38.0 Å². The van der Waals surface area contributed by atoms with Gasteiger partial charge >= 0.3 is 0 Å². The number of amides is 1. The van der Waals surface area contributed by atoms with Crippen molar-refractivity contribution in [2.45, 2.75) is 31.7 Å². The Labute approximate surface area is 277 Å². The molecule has 1 aromatic carbocycles. The average molecular weight is 669 g/mol. The standard InChI is InChI=1S/C33H36Cl2FN7O3/c1-46-33-21(10-14-38-19-22-6-8-27(45)41-22)5-7-25(43-33)23-12-16-39-31(29(23)35)24-3-2-4-26(28(24)34)42-32-30(36)20(11-15-40-32)9-13-37-17-18-44/h2-5,7,11-12,15-16,22,37-38,44H,6,8-10,13-14,17-19H2,1H3,(H,40,42)(H,41,45). The highest BCUT2D eigenvalue weighted by Crippen LogP contribution is 2.41. The van der Waals surface area contributed by atoms with E-state index in [1.165, 1.54) is 6.20 Å². The van der Waals surface area contributed by atoms with E-state index in [-0.39, 0.29) is 24.4 Å². The number of nitrogens with one attached hydrogen (secondary N) is 4. The van der Waals surface area contributed by atoms with Gasteiger partial charge in [-0.1, -0.05) is 41.4 Å². The zero-order valence-corrected chi connectivity index (χ0v) is 26.9. The van der Waals surface area contributed by atoms with Crippen LogP contribution in [0.4, 0.5) is 15.9 Å². The second-order valence-electron chi connectivity index (χ2n) is 10.8. The Morgan fingerprint density at radius 1 is 0.978 bits per heavy atom. The van der Waals surface area contributed by atoms with Gasteiger partial charge in [0.1, 0.15) is 0 Å². The number of rotatable bonds is 15. The van der Waals surface area contributed by atoms with E-state index in [0.717, 1.165) is 18.5 Å². The van der Waals surface area contributed by atoms with E-state index in [0.29, 0.717) is 88.6 Å². The minimum absolute atomic E-state index is 0.0159. The van der Waals surface area contributed by atoms with Crippen LogP contribution in [0.2, 0.25) is 10.0 Å². The highest BCUT2D eigenvalue weighted by atomic mass is 35.5. The molecule has 1 saturated heterocycles. The third kappa shape index (κ3) is 8.09. The molecule has 4 heterocycles. The first kappa shape index (κ1) is 33.5. The first-order chi connectivity index (χ1) is 22.4. The van der Waals surface area contributed by atoms with Crippen LogP contribution in [0, 0.1) is 5.82 Å². The SMILES string of the molecule is COc1nc(-c2ccnc(-c3cccc(Nc4nccc(CCNCCO)c4F)c3Cl)c2Cl)ccc1CCNCC1CCC(=O)N1. The van der Waals surface area contributed by atoms with Crippen LogP contribution in [0.3, 0.4) is 0 Å². The largest absolute Gasteiger partial charge is 0.481 e. The van der Waals surface area contributed by atoms with Crippen molar-refractivity contribution in [3.05, 3.63) is 81.8 Å². The molecule has 1 aliphatic heterocycles. The molecule has 1 atom stereocenters. The quantitative estimate of drug-likeness (QED) is 0.112. The molecule has 1 unspecified atom stereocenters. The lowest BCUT2D eigenvalue weighted by Crippen LogP contribution is -2.36. The number of anilines is 2. The summed E-state index contributed by atoms with van der Waals surface area (Å²) in [5, 5.41) is 22.0. The number of aromatic nitrogens is 3. The Balaban J connectivity index is 1.32. The van der Waals surface area contributed by atoms with Gasteiger partial charge in [0.15, 0.2) is 11.6 Å². The number of aliphatic hydroxyl groups excluding tert-OH is 1. The van der Waals surface area contributed by atoms with Gasteiger partial charge in [-0.15, -0.1) is 0 Å². The van der Waals surface area contributed by atoms with Crippen LogP contribution in [0.5, 0.6) is 5.88 Å². The molecule has 1 aliphatic rings. The number of hydrogen-bond donors (Lipinski definition) is 5. The monoisotopic (exact) mass is 667 g/mol. The van der Waals surface area contributed by atoms with Crippen molar-refractivity contribution in [2.24, 2.45) is 0 Å². The minimum Gasteiger partial charge on any atom is -0.481 e. The highest BCUT2D eigenvalue weighted by molar-refractivity contribution is 6.39. The van der Waals surface area contributed by atoms with Gasteiger partial charge in [0.05, 0.1) is 40.8 Å². The molecule has 5 rings (SSSR count). The van der Waals surface area contributed by atoms with Crippen molar-refractivity contribution in [2.75, 3.05) is 45.2 Å². The topological polar surface area (TPSA) is 133 Å². The molecule has 242 valence electrons. The first-order valence-electron chi connectivity index (χ1n) is 15.1. The van der Waals surface area contributed by atoms with Crippen molar-refractivity contribution < 1.29 is 19.0 Å². The van der Waals surface area contributed by atoms with E-state index in [1.807, 2.05) is 12.1 Å². The maximum absolute atomic E-state index is 15.3. The number of pyridine rings is 3. The number of ether oxygens (including phenoxy) is 1. The zero-order chi connectivity index (χ0) is 32.5. The Hall–Kier alpha value is -3.87. The van der Waals surface area contributed by atoms with Crippen LogP contribution in [0.15, 0.2) is 54.9 Å². The summed E-state index contributed by atoms with van der Waals surface area (Å²) in [6.45, 7) is 2.39. The predicted molar refractivity (Wildman–Crippen MR) is 178 cm³/mol. The van der Waals surface area contributed by atoms with Gasteiger partial charge in [0.2, 0.25) is 11.8 Å². The molecule has 5 N–H and O–H groups in total. The van der Waals surface area contributed by atoms with Crippen molar-refractivity contribution in [3.63, 3.8) is 0 Å². The number of hydrogen-bond acceptors (Lipinski definition) is 9. The maximum atomic E-state index is 15.3. The number of halogens is 3. The summed E-state index contributed by atoms with van der Waals surface area (Å²) in [5.74, 6) is 0.165. The third-order valence-electron chi connectivity index (χ3n) is 7.68. The molecule has 0 spiro atoms. The van der Waals surface area contributed by atoms with Crippen molar-refractivity contribution in [1.82, 2.24) is 30.9 Å². The summed E-state index contributed by atoms with van der Waals surface area (Å²) < 4.78 is 20.9. The smallest absolute Gasteiger partial charge is 0.220 e. The molecule has 13 heteroatoms. The normalized spacial score (nSPS) is 14.4. The Morgan fingerprint density at radius 3 is 2.57 bits per heavy atom. The van der Waals surface area contributed by atoms with E-state index in [1.54, 1.807) is 43.6 Å². The first-order valence-corrected chi connectivity index (χ1v) is 15.8. The molecule has 46 heavy (non-hydrogen) atoms. The number of carbonyl (C=O) groups is 1. The van der Waals surface area contributed by atoms with Crippen LogP contribution >= 0.6 is 23.2 Å². The van der Waals surface area contributed by atoms with Crippen LogP contribution in [0.25, 0.3) is 22.5 Å². The number of carbonyl (C=O) groups excluding carboxylic acids is 1. The second kappa shape index (κ2) is 16.1. The lowest BCUT2D eigenvalue weighted by atomic mass is 10.0. The van der Waals surface area contributed by atoms with E-state index < -0.39 is 5.82 Å². The maximum Gasteiger partial charge on any atom is 0.220 e. The Bertz CT molecular complexity index is 1680. The predicted octanol–water partition coefficient (Wildman–Crippen LogP) is 4.94. The molecule has 0 saturated carbocycles. The van der Waals surface area contributed by atoms with Crippen LogP contribution in [-0.4, -0.2) is 71.9 Å². The van der Waals surface area contributed by atoms with Gasteiger partial charge in [0, 0.05) is 54.6 Å². The highest BCUT2D eigenvalue weighted by Gasteiger charge is 2.21. The molecular weight excluding hydrogens is 632 g/mol.